The minimum atomic E-state index is -1.07. The molecule has 0 unspecified atom stereocenters. The van der Waals surface area contributed by atoms with Gasteiger partial charge in [-0.1, -0.05) is 0 Å². The number of benzene rings is 1. The Morgan fingerprint density at radius 1 is 1.27 bits per heavy atom. The fourth-order valence-electron chi connectivity index (χ4n) is 1.77. The predicted octanol–water partition coefficient (Wildman–Crippen LogP) is 1.50. The number of carbonyl (C=O) groups is 1. The highest BCUT2D eigenvalue weighted by Gasteiger charge is 2.19. The van der Waals surface area contributed by atoms with E-state index in [1.807, 2.05) is 0 Å². The Bertz CT molecular complexity index is 577. The number of hydrogen-bond acceptors (Lipinski definition) is 7. The average Bonchev–Trinajstić information content (AvgIpc) is 2.46. The van der Waals surface area contributed by atoms with Crippen molar-refractivity contribution in [1.29, 1.82) is 0 Å². The lowest BCUT2D eigenvalue weighted by Gasteiger charge is -2.08. The minimum absolute atomic E-state index is 0.179. The molecule has 0 spiro atoms. The van der Waals surface area contributed by atoms with E-state index in [9.17, 15) is 25.0 Å². The number of nitrogens with two attached hydrogens (primary N) is 1. The minimum Gasteiger partial charge on any atom is -0.480 e. The number of anilines is 1. The van der Waals surface area contributed by atoms with Gasteiger partial charge in [-0.05, 0) is 25.3 Å². The van der Waals surface area contributed by atoms with Crippen LogP contribution in [0.2, 0.25) is 0 Å². The van der Waals surface area contributed by atoms with E-state index in [0.29, 0.717) is 25.8 Å². The molecule has 0 heterocycles. The van der Waals surface area contributed by atoms with Crippen LogP contribution in [0, 0.1) is 20.2 Å². The topological polar surface area (TPSA) is 162 Å². The first kappa shape index (κ1) is 17.3. The van der Waals surface area contributed by atoms with E-state index in [-0.39, 0.29) is 17.1 Å². The number of unbranched alkanes of at least 4 members (excludes halogenated alkanes) is 1. The third-order valence-electron chi connectivity index (χ3n) is 2.96. The lowest BCUT2D eigenvalue weighted by Crippen LogP contribution is -2.29. The summed E-state index contributed by atoms with van der Waals surface area (Å²) in [4.78, 5) is 30.6. The summed E-state index contributed by atoms with van der Waals surface area (Å²) < 4.78 is 0. The van der Waals surface area contributed by atoms with Crippen molar-refractivity contribution in [3.8, 4) is 0 Å². The first-order valence-electron chi connectivity index (χ1n) is 6.48. The van der Waals surface area contributed by atoms with E-state index in [1.54, 1.807) is 0 Å². The van der Waals surface area contributed by atoms with Crippen LogP contribution >= 0.6 is 0 Å². The van der Waals surface area contributed by atoms with E-state index >= 15 is 0 Å². The zero-order chi connectivity index (χ0) is 16.7. The largest absolute Gasteiger partial charge is 0.480 e. The van der Waals surface area contributed by atoms with Gasteiger partial charge in [0.05, 0.1) is 15.9 Å². The van der Waals surface area contributed by atoms with Crippen molar-refractivity contribution < 1.29 is 19.7 Å². The predicted molar refractivity (Wildman–Crippen MR) is 77.7 cm³/mol. The molecule has 1 aromatic carbocycles. The molecule has 0 radical (unpaired) electrons. The maximum atomic E-state index is 10.9. The molecule has 0 amide bonds. The van der Waals surface area contributed by atoms with Gasteiger partial charge in [0.15, 0.2) is 0 Å². The third-order valence-corrected chi connectivity index (χ3v) is 2.96. The Morgan fingerprint density at radius 2 is 1.95 bits per heavy atom. The molecule has 1 rings (SSSR count). The number of non-ortho nitro benzene ring substituents is 1. The number of aliphatic carboxylic acids is 1. The second-order valence-corrected chi connectivity index (χ2v) is 4.58. The molecule has 4 N–H and O–H groups in total. The number of hydrogen-bond donors (Lipinski definition) is 3. The van der Waals surface area contributed by atoms with Crippen molar-refractivity contribution in [2.75, 3.05) is 11.9 Å². The molecule has 1 aromatic rings. The Labute approximate surface area is 125 Å². The molecule has 1 atom stereocenters. The number of nitro benzene ring substituents is 2. The monoisotopic (exact) mass is 312 g/mol. The van der Waals surface area contributed by atoms with E-state index < -0.39 is 21.9 Å². The zero-order valence-corrected chi connectivity index (χ0v) is 11.6. The van der Waals surface area contributed by atoms with Gasteiger partial charge in [-0.25, -0.2) is 0 Å². The molecule has 0 aromatic heterocycles. The van der Waals surface area contributed by atoms with Crippen molar-refractivity contribution in [2.24, 2.45) is 5.73 Å². The van der Waals surface area contributed by atoms with E-state index in [1.165, 1.54) is 12.1 Å². The molecule has 0 bridgehead atoms. The van der Waals surface area contributed by atoms with Gasteiger partial charge in [-0.15, -0.1) is 0 Å². The summed E-state index contributed by atoms with van der Waals surface area (Å²) in [7, 11) is 0. The molecular formula is C12H16N4O6. The van der Waals surface area contributed by atoms with Crippen LogP contribution in [0.4, 0.5) is 17.1 Å². The highest BCUT2D eigenvalue weighted by Crippen LogP contribution is 2.28. The van der Waals surface area contributed by atoms with Crippen molar-refractivity contribution in [1.82, 2.24) is 0 Å². The Kier molecular flexibility index (Phi) is 6.20. The summed E-state index contributed by atoms with van der Waals surface area (Å²) in [5.41, 5.74) is 4.79. The summed E-state index contributed by atoms with van der Waals surface area (Å²) in [6.07, 6.45) is 1.41. The number of nitrogens with zero attached hydrogens (tertiary/aromatic N) is 2. The Morgan fingerprint density at radius 3 is 2.50 bits per heavy atom. The maximum absolute atomic E-state index is 10.9. The van der Waals surface area contributed by atoms with Crippen LogP contribution in [0.25, 0.3) is 0 Å². The van der Waals surface area contributed by atoms with Gasteiger partial charge in [-0.3, -0.25) is 25.0 Å². The second-order valence-electron chi connectivity index (χ2n) is 4.58. The van der Waals surface area contributed by atoms with Gasteiger partial charge in [0.25, 0.3) is 11.4 Å². The van der Waals surface area contributed by atoms with Gasteiger partial charge < -0.3 is 16.2 Å². The standard InChI is InChI=1S/C12H16N4O6/c13-9(12(17)18)3-1-2-6-14-10-5-4-8(15(19)20)7-11(10)16(21)22/h4-5,7,9,14H,1-3,6,13H2,(H,17,18)/t9-/m0/s1. The molecule has 0 aliphatic rings. The molecule has 0 aliphatic heterocycles. The maximum Gasteiger partial charge on any atom is 0.320 e. The average molecular weight is 312 g/mol. The fraction of sp³-hybridized carbons (Fsp3) is 0.417. The normalized spacial score (nSPS) is 11.7. The molecular weight excluding hydrogens is 296 g/mol. The van der Waals surface area contributed by atoms with Crippen LogP contribution in [0.1, 0.15) is 19.3 Å². The molecule has 0 saturated carbocycles. The highest BCUT2D eigenvalue weighted by atomic mass is 16.6. The summed E-state index contributed by atoms with van der Waals surface area (Å²) >= 11 is 0. The lowest BCUT2D eigenvalue weighted by atomic mass is 10.1. The van der Waals surface area contributed by atoms with Crippen LogP contribution in [-0.2, 0) is 4.79 Å². The summed E-state index contributed by atoms with van der Waals surface area (Å²) in [6.45, 7) is 0.366. The summed E-state index contributed by atoms with van der Waals surface area (Å²) in [6, 6.07) is 2.42. The zero-order valence-electron chi connectivity index (χ0n) is 11.6. The molecule has 10 nitrogen and oxygen atoms in total. The first-order chi connectivity index (χ1) is 10.3. The Hall–Kier alpha value is -2.75. The summed E-state index contributed by atoms with van der Waals surface area (Å²) in [5.74, 6) is -1.07. The van der Waals surface area contributed by atoms with Crippen LogP contribution < -0.4 is 11.1 Å². The number of rotatable bonds is 9. The number of carboxylic acids is 1. The van der Waals surface area contributed by atoms with Gasteiger partial charge in [0.1, 0.15) is 11.7 Å². The highest BCUT2D eigenvalue weighted by molar-refractivity contribution is 5.72. The second kappa shape index (κ2) is 7.88. The number of nitrogens with one attached hydrogen (secondary N) is 1. The number of carboxylic acid groups (broad SMARTS) is 1. The van der Waals surface area contributed by atoms with Gasteiger partial charge in [-0.2, -0.15) is 0 Å². The SMILES string of the molecule is N[C@@H](CCCCNc1ccc([N+](=O)[O-])cc1[N+](=O)[O-])C(=O)O. The van der Waals surface area contributed by atoms with Crippen molar-refractivity contribution >= 4 is 23.0 Å². The van der Waals surface area contributed by atoms with Crippen molar-refractivity contribution in [2.45, 2.75) is 25.3 Å². The van der Waals surface area contributed by atoms with Crippen molar-refractivity contribution in [3.63, 3.8) is 0 Å². The lowest BCUT2D eigenvalue weighted by molar-refractivity contribution is -0.393. The summed E-state index contributed by atoms with van der Waals surface area (Å²) in [5, 5.41) is 32.9. The van der Waals surface area contributed by atoms with Gasteiger partial charge in [0.2, 0.25) is 0 Å². The molecule has 10 heteroatoms. The third kappa shape index (κ3) is 4.98. The molecule has 0 saturated heterocycles. The fourth-order valence-corrected chi connectivity index (χ4v) is 1.77. The van der Waals surface area contributed by atoms with E-state index in [2.05, 4.69) is 5.32 Å². The van der Waals surface area contributed by atoms with Crippen LogP contribution in [0.5, 0.6) is 0 Å². The van der Waals surface area contributed by atoms with Crippen LogP contribution in [-0.4, -0.2) is 33.5 Å². The van der Waals surface area contributed by atoms with Crippen LogP contribution in [0.15, 0.2) is 18.2 Å². The van der Waals surface area contributed by atoms with Gasteiger partial charge in [0, 0.05) is 12.6 Å². The first-order valence-corrected chi connectivity index (χ1v) is 6.48. The smallest absolute Gasteiger partial charge is 0.320 e. The molecule has 0 aliphatic carbocycles. The van der Waals surface area contributed by atoms with E-state index in [0.717, 1.165) is 6.07 Å². The Balaban J connectivity index is 2.57. The van der Waals surface area contributed by atoms with Gasteiger partial charge >= 0.3 is 5.97 Å². The molecule has 0 fully saturated rings. The quantitative estimate of drug-likeness (QED) is 0.351. The number of nitro groups is 2. The van der Waals surface area contributed by atoms with Crippen molar-refractivity contribution in [3.05, 3.63) is 38.4 Å². The van der Waals surface area contributed by atoms with E-state index in [4.69, 9.17) is 10.8 Å². The molecule has 22 heavy (non-hydrogen) atoms. The van der Waals surface area contributed by atoms with Crippen LogP contribution in [0.3, 0.4) is 0 Å². The molecule has 120 valence electrons.